The minimum Gasteiger partial charge on any atom is -0.306 e. The second-order valence-electron chi connectivity index (χ2n) is 5.52. The molecule has 0 fully saturated rings. The van der Waals surface area contributed by atoms with Crippen molar-refractivity contribution < 1.29 is 4.39 Å². The van der Waals surface area contributed by atoms with Crippen molar-refractivity contribution in [1.82, 2.24) is 9.97 Å². The molecule has 4 heteroatoms. The quantitative estimate of drug-likeness (QED) is 0.596. The van der Waals surface area contributed by atoms with Gasteiger partial charge in [0.1, 0.15) is 11.6 Å². The molecule has 1 aromatic heterocycles. The van der Waals surface area contributed by atoms with Crippen molar-refractivity contribution in [2.75, 3.05) is 0 Å². The molecule has 0 bridgehead atoms. The Hall–Kier alpha value is -3.27. The third-order valence-electron chi connectivity index (χ3n) is 3.93. The van der Waals surface area contributed by atoms with Gasteiger partial charge in [0.05, 0.1) is 10.9 Å². The Morgan fingerprint density at radius 2 is 1.50 bits per heavy atom. The van der Waals surface area contributed by atoms with E-state index in [0.717, 1.165) is 11.1 Å². The third-order valence-corrected chi connectivity index (χ3v) is 3.93. The summed E-state index contributed by atoms with van der Waals surface area (Å²) in [4.78, 5) is 19.7. The van der Waals surface area contributed by atoms with Crippen molar-refractivity contribution in [2.45, 2.75) is 0 Å². The first kappa shape index (κ1) is 14.3. The number of benzene rings is 3. The highest BCUT2D eigenvalue weighted by Crippen LogP contribution is 2.23. The number of fused-ring (bicyclic) bond motifs is 1. The highest BCUT2D eigenvalue weighted by atomic mass is 19.1. The number of hydrogen-bond acceptors (Lipinski definition) is 2. The molecular formula is C20H13FN2O. The Morgan fingerprint density at radius 1 is 0.792 bits per heavy atom. The van der Waals surface area contributed by atoms with E-state index in [1.165, 1.54) is 12.1 Å². The van der Waals surface area contributed by atoms with Gasteiger partial charge in [-0.15, -0.1) is 0 Å². The van der Waals surface area contributed by atoms with Crippen LogP contribution in [0.5, 0.6) is 0 Å². The average molecular weight is 316 g/mol. The molecule has 0 aliphatic heterocycles. The van der Waals surface area contributed by atoms with Crippen LogP contribution in [0.15, 0.2) is 77.6 Å². The van der Waals surface area contributed by atoms with Gasteiger partial charge in [0.15, 0.2) is 0 Å². The second kappa shape index (κ2) is 5.74. The zero-order chi connectivity index (χ0) is 16.5. The smallest absolute Gasteiger partial charge is 0.259 e. The molecule has 1 N–H and O–H groups in total. The predicted octanol–water partition coefficient (Wildman–Crippen LogP) is 4.40. The Labute approximate surface area is 137 Å². The molecule has 0 atom stereocenters. The number of hydrogen-bond donors (Lipinski definition) is 1. The van der Waals surface area contributed by atoms with Crippen LogP contribution in [0.3, 0.4) is 0 Å². The number of H-pyrrole nitrogens is 1. The fourth-order valence-corrected chi connectivity index (χ4v) is 2.69. The maximum Gasteiger partial charge on any atom is 0.259 e. The zero-order valence-corrected chi connectivity index (χ0v) is 12.7. The lowest BCUT2D eigenvalue weighted by Crippen LogP contribution is -2.09. The van der Waals surface area contributed by atoms with Crippen molar-refractivity contribution in [2.24, 2.45) is 0 Å². The maximum absolute atomic E-state index is 13.0. The molecule has 3 aromatic carbocycles. The number of aromatic amines is 1. The number of halogens is 1. The summed E-state index contributed by atoms with van der Waals surface area (Å²) in [7, 11) is 0. The van der Waals surface area contributed by atoms with E-state index in [2.05, 4.69) is 9.97 Å². The van der Waals surface area contributed by atoms with Crippen LogP contribution < -0.4 is 5.56 Å². The Balaban J connectivity index is 1.85. The predicted molar refractivity (Wildman–Crippen MR) is 93.2 cm³/mol. The van der Waals surface area contributed by atoms with Crippen LogP contribution >= 0.6 is 0 Å². The van der Waals surface area contributed by atoms with Crippen LogP contribution in [0, 0.1) is 5.82 Å². The highest BCUT2D eigenvalue weighted by Gasteiger charge is 2.08. The van der Waals surface area contributed by atoms with Crippen LogP contribution in [-0.4, -0.2) is 9.97 Å². The lowest BCUT2D eigenvalue weighted by molar-refractivity contribution is 0.628. The lowest BCUT2D eigenvalue weighted by Gasteiger charge is -2.06. The van der Waals surface area contributed by atoms with Crippen molar-refractivity contribution in [3.05, 3.63) is 89.0 Å². The van der Waals surface area contributed by atoms with E-state index in [-0.39, 0.29) is 11.4 Å². The van der Waals surface area contributed by atoms with Gasteiger partial charge >= 0.3 is 0 Å². The monoisotopic (exact) mass is 316 g/mol. The largest absolute Gasteiger partial charge is 0.306 e. The van der Waals surface area contributed by atoms with E-state index in [9.17, 15) is 9.18 Å². The summed E-state index contributed by atoms with van der Waals surface area (Å²) in [5, 5.41) is 0.530. The second-order valence-corrected chi connectivity index (χ2v) is 5.52. The molecule has 0 aliphatic rings. The van der Waals surface area contributed by atoms with E-state index in [4.69, 9.17) is 0 Å². The van der Waals surface area contributed by atoms with E-state index >= 15 is 0 Å². The molecule has 0 radical (unpaired) electrons. The van der Waals surface area contributed by atoms with Gasteiger partial charge in [-0.1, -0.05) is 36.4 Å². The third kappa shape index (κ3) is 2.58. The maximum atomic E-state index is 13.0. The number of nitrogens with zero attached hydrogens (tertiary/aromatic N) is 1. The lowest BCUT2D eigenvalue weighted by atomic mass is 10.0. The SMILES string of the molecule is O=c1[nH]c(-c2ccc(F)cc2)nc2ccc(-c3ccccc3)cc12. The summed E-state index contributed by atoms with van der Waals surface area (Å²) >= 11 is 0. The van der Waals surface area contributed by atoms with Gasteiger partial charge in [0.2, 0.25) is 0 Å². The standard InChI is InChI=1S/C20H13FN2O/c21-16-9-6-14(7-10-16)19-22-18-11-8-15(12-17(18)20(24)23-19)13-4-2-1-3-5-13/h1-12H,(H,22,23,24). The minimum absolute atomic E-state index is 0.211. The topological polar surface area (TPSA) is 45.8 Å². The van der Waals surface area contributed by atoms with E-state index in [1.807, 2.05) is 48.5 Å². The van der Waals surface area contributed by atoms with Crippen molar-refractivity contribution >= 4 is 10.9 Å². The average Bonchev–Trinajstić information content (AvgIpc) is 2.63. The van der Waals surface area contributed by atoms with E-state index in [1.54, 1.807) is 12.1 Å². The van der Waals surface area contributed by atoms with Crippen LogP contribution in [0.25, 0.3) is 33.4 Å². The molecule has 0 saturated carbocycles. The summed E-state index contributed by atoms with van der Waals surface area (Å²) < 4.78 is 13.0. The number of nitrogens with one attached hydrogen (secondary N) is 1. The molecular weight excluding hydrogens is 303 g/mol. The molecule has 0 spiro atoms. The molecule has 0 unspecified atom stereocenters. The van der Waals surface area contributed by atoms with Gasteiger partial charge < -0.3 is 4.98 Å². The normalized spacial score (nSPS) is 10.9. The molecule has 0 saturated heterocycles. The molecule has 0 aliphatic carbocycles. The molecule has 116 valence electrons. The van der Waals surface area contributed by atoms with Crippen LogP contribution in [0.4, 0.5) is 4.39 Å². The zero-order valence-electron chi connectivity index (χ0n) is 12.7. The van der Waals surface area contributed by atoms with Crippen molar-refractivity contribution in [1.29, 1.82) is 0 Å². The number of rotatable bonds is 2. The summed E-state index contributed by atoms with van der Waals surface area (Å²) in [6.45, 7) is 0. The van der Waals surface area contributed by atoms with Gasteiger partial charge in [0.25, 0.3) is 5.56 Å². The summed E-state index contributed by atoms with van der Waals surface area (Å²) in [5.74, 6) is 0.106. The van der Waals surface area contributed by atoms with E-state index in [0.29, 0.717) is 22.3 Å². The van der Waals surface area contributed by atoms with Gasteiger partial charge in [-0.25, -0.2) is 9.37 Å². The Bertz CT molecular complexity index is 1070. The van der Waals surface area contributed by atoms with Gasteiger partial charge in [0, 0.05) is 5.56 Å². The van der Waals surface area contributed by atoms with Gasteiger partial charge in [-0.2, -0.15) is 0 Å². The van der Waals surface area contributed by atoms with Crippen molar-refractivity contribution in [3.63, 3.8) is 0 Å². The van der Waals surface area contributed by atoms with Crippen LogP contribution in [-0.2, 0) is 0 Å². The number of aromatic nitrogens is 2. The van der Waals surface area contributed by atoms with Gasteiger partial charge in [-0.3, -0.25) is 4.79 Å². The molecule has 3 nitrogen and oxygen atoms in total. The summed E-state index contributed by atoms with van der Waals surface area (Å²) in [6, 6.07) is 21.4. The fraction of sp³-hybridized carbons (Fsp3) is 0. The van der Waals surface area contributed by atoms with E-state index < -0.39 is 0 Å². The first-order valence-corrected chi connectivity index (χ1v) is 7.56. The van der Waals surface area contributed by atoms with Crippen LogP contribution in [0.2, 0.25) is 0 Å². The van der Waals surface area contributed by atoms with Crippen LogP contribution in [0.1, 0.15) is 0 Å². The Morgan fingerprint density at radius 3 is 2.25 bits per heavy atom. The highest BCUT2D eigenvalue weighted by molar-refractivity contribution is 5.84. The molecule has 4 aromatic rings. The Kier molecular flexibility index (Phi) is 3.43. The molecule has 4 rings (SSSR count). The molecule has 24 heavy (non-hydrogen) atoms. The van der Waals surface area contributed by atoms with Gasteiger partial charge in [-0.05, 0) is 47.5 Å². The fourth-order valence-electron chi connectivity index (χ4n) is 2.69. The summed E-state index contributed by atoms with van der Waals surface area (Å²) in [6.07, 6.45) is 0. The molecule has 1 heterocycles. The summed E-state index contributed by atoms with van der Waals surface area (Å²) in [5.41, 5.74) is 3.07. The first-order valence-electron chi connectivity index (χ1n) is 7.56. The molecule has 0 amide bonds. The first-order chi connectivity index (χ1) is 11.7. The minimum atomic E-state index is -0.325. The van der Waals surface area contributed by atoms with Crippen molar-refractivity contribution in [3.8, 4) is 22.5 Å².